The number of hydrogen-bond donors (Lipinski definition) is 4. The molecule has 33 heavy (non-hydrogen) atoms. The van der Waals surface area contributed by atoms with Crippen molar-refractivity contribution in [3.05, 3.63) is 0 Å². The summed E-state index contributed by atoms with van der Waals surface area (Å²) in [7, 11) is 0. The van der Waals surface area contributed by atoms with Gasteiger partial charge >= 0.3 is 0 Å². The van der Waals surface area contributed by atoms with Gasteiger partial charge < -0.3 is 31.7 Å². The number of hydrogen-bond acceptors (Lipinski definition) is 6. The van der Waals surface area contributed by atoms with Gasteiger partial charge in [-0.1, -0.05) is 13.8 Å². The van der Waals surface area contributed by atoms with Gasteiger partial charge in [-0.3, -0.25) is 19.2 Å². The average molecular weight is 466 g/mol. The zero-order chi connectivity index (χ0) is 24.9. The number of rotatable bonds is 8. The van der Waals surface area contributed by atoms with E-state index in [1.807, 2.05) is 20.8 Å². The van der Waals surface area contributed by atoms with Crippen molar-refractivity contribution in [2.45, 2.75) is 84.2 Å². The molecule has 0 aromatic heterocycles. The van der Waals surface area contributed by atoms with Crippen molar-refractivity contribution >= 4 is 23.6 Å². The van der Waals surface area contributed by atoms with Crippen LogP contribution in [0.2, 0.25) is 0 Å². The molecule has 0 unspecified atom stereocenters. The third-order valence-electron chi connectivity index (χ3n) is 7.43. The summed E-state index contributed by atoms with van der Waals surface area (Å²) in [5.41, 5.74) is 11.2. The molecule has 3 fully saturated rings. The lowest BCUT2D eigenvalue weighted by Crippen LogP contribution is -2.59. The first-order valence-electron chi connectivity index (χ1n) is 11.8. The van der Waals surface area contributed by atoms with Crippen LogP contribution in [0.1, 0.15) is 54.4 Å². The molecule has 0 radical (unpaired) electrons. The van der Waals surface area contributed by atoms with Crippen LogP contribution in [0.15, 0.2) is 0 Å². The lowest BCUT2D eigenvalue weighted by atomic mass is 9.96. The molecule has 1 aliphatic carbocycles. The fourth-order valence-corrected chi connectivity index (χ4v) is 5.49. The topological polar surface area (TPSA) is 157 Å². The zero-order valence-corrected chi connectivity index (χ0v) is 20.5. The van der Waals surface area contributed by atoms with E-state index in [0.717, 1.165) is 0 Å². The first-order valence-corrected chi connectivity index (χ1v) is 11.8. The van der Waals surface area contributed by atoms with Gasteiger partial charge in [0.25, 0.3) is 0 Å². The number of carbonyl (C=O) groups is 4. The van der Waals surface area contributed by atoms with E-state index in [4.69, 9.17) is 16.2 Å². The standard InChI is InChI=1S/C23H39N5O5/c1-11(33-22(2,3)4)16(24)21(32)28-10-13-15(23(13,5)6)17(28)20(31)27-14(18(25)29)9-12-7-8-26-19(12)30/h11-17H,7-10,24H2,1-6H3,(H2,25,29)(H,26,30)(H,27,31)/t11-,12+,13+,14+,15+,16+,17+/m1/s1. The average Bonchev–Trinajstić information content (AvgIpc) is 3.06. The Hall–Kier alpha value is -2.20. The summed E-state index contributed by atoms with van der Waals surface area (Å²) in [6, 6.07) is -2.65. The van der Waals surface area contributed by atoms with Gasteiger partial charge in [-0.05, 0) is 57.8 Å². The molecule has 0 aromatic carbocycles. The Morgan fingerprint density at radius 3 is 2.45 bits per heavy atom. The van der Waals surface area contributed by atoms with E-state index < -0.39 is 41.6 Å². The summed E-state index contributed by atoms with van der Waals surface area (Å²) < 4.78 is 5.86. The lowest BCUT2D eigenvalue weighted by molar-refractivity contribution is -0.146. The van der Waals surface area contributed by atoms with Crippen molar-refractivity contribution in [1.82, 2.24) is 15.5 Å². The van der Waals surface area contributed by atoms with Gasteiger partial charge in [0.15, 0.2) is 0 Å². The summed E-state index contributed by atoms with van der Waals surface area (Å²) in [6.07, 6.45) is 0.191. The highest BCUT2D eigenvalue weighted by molar-refractivity contribution is 5.94. The number of ether oxygens (including phenoxy) is 1. The molecule has 186 valence electrons. The largest absolute Gasteiger partial charge is 0.371 e. The van der Waals surface area contributed by atoms with Gasteiger partial charge in [0.1, 0.15) is 18.1 Å². The van der Waals surface area contributed by atoms with Crippen LogP contribution in [0.4, 0.5) is 0 Å². The van der Waals surface area contributed by atoms with E-state index >= 15 is 0 Å². The SMILES string of the molecule is C[C@@H](OC(C)(C)C)[C@H](N)C(=O)N1C[C@H]2[C@@H]([C@H]1C(=O)N[C@@H](C[C@@H]1CCNC1=O)C(N)=O)C2(C)C. The van der Waals surface area contributed by atoms with E-state index in [0.29, 0.717) is 19.5 Å². The number of carbonyl (C=O) groups excluding carboxylic acids is 4. The van der Waals surface area contributed by atoms with E-state index in [9.17, 15) is 19.2 Å². The molecule has 10 heteroatoms. The maximum atomic E-state index is 13.4. The number of nitrogens with zero attached hydrogens (tertiary/aromatic N) is 1. The maximum absolute atomic E-state index is 13.4. The van der Waals surface area contributed by atoms with Gasteiger partial charge in [-0.25, -0.2) is 0 Å². The van der Waals surface area contributed by atoms with E-state index in [1.54, 1.807) is 6.92 Å². The van der Waals surface area contributed by atoms with Crippen molar-refractivity contribution in [3.8, 4) is 0 Å². The van der Waals surface area contributed by atoms with Crippen molar-refractivity contribution in [3.63, 3.8) is 0 Å². The lowest BCUT2D eigenvalue weighted by Gasteiger charge is -2.35. The second kappa shape index (κ2) is 8.87. The molecule has 6 N–H and O–H groups in total. The summed E-state index contributed by atoms with van der Waals surface area (Å²) in [5, 5.41) is 5.46. The van der Waals surface area contributed by atoms with Gasteiger partial charge in [0.2, 0.25) is 23.6 Å². The molecule has 7 atom stereocenters. The molecule has 2 heterocycles. The Kier molecular flexibility index (Phi) is 6.83. The van der Waals surface area contributed by atoms with Crippen molar-refractivity contribution in [2.75, 3.05) is 13.1 Å². The molecule has 10 nitrogen and oxygen atoms in total. The minimum absolute atomic E-state index is 0.0317. The summed E-state index contributed by atoms with van der Waals surface area (Å²) in [6.45, 7) is 12.5. The molecular formula is C23H39N5O5. The Labute approximate surface area is 195 Å². The highest BCUT2D eigenvalue weighted by atomic mass is 16.5. The molecule has 2 aliphatic heterocycles. The fraction of sp³-hybridized carbons (Fsp3) is 0.826. The first kappa shape index (κ1) is 25.4. The summed E-state index contributed by atoms with van der Waals surface area (Å²) >= 11 is 0. The second-order valence-corrected chi connectivity index (χ2v) is 11.3. The van der Waals surface area contributed by atoms with Crippen LogP contribution in [0, 0.1) is 23.2 Å². The predicted molar refractivity (Wildman–Crippen MR) is 121 cm³/mol. The number of primary amides is 1. The minimum Gasteiger partial charge on any atom is -0.371 e. The van der Waals surface area contributed by atoms with Crippen LogP contribution in [-0.2, 0) is 23.9 Å². The van der Waals surface area contributed by atoms with Crippen LogP contribution in [0.25, 0.3) is 0 Å². The van der Waals surface area contributed by atoms with Gasteiger partial charge in [-0.15, -0.1) is 0 Å². The minimum atomic E-state index is -0.985. The van der Waals surface area contributed by atoms with Crippen molar-refractivity contribution in [2.24, 2.45) is 34.6 Å². The number of amides is 4. The maximum Gasteiger partial charge on any atom is 0.243 e. The molecule has 1 saturated carbocycles. The monoisotopic (exact) mass is 465 g/mol. The third-order valence-corrected chi connectivity index (χ3v) is 7.43. The molecule has 0 spiro atoms. The number of nitrogens with two attached hydrogens (primary N) is 2. The zero-order valence-electron chi connectivity index (χ0n) is 20.5. The number of likely N-dealkylation sites (tertiary alicyclic amines) is 1. The van der Waals surface area contributed by atoms with Crippen LogP contribution in [0.5, 0.6) is 0 Å². The summed E-state index contributed by atoms with van der Waals surface area (Å²) in [5.74, 6) is -1.85. The smallest absolute Gasteiger partial charge is 0.243 e. The van der Waals surface area contributed by atoms with Crippen LogP contribution < -0.4 is 22.1 Å². The second-order valence-electron chi connectivity index (χ2n) is 11.3. The van der Waals surface area contributed by atoms with E-state index in [1.165, 1.54) is 4.90 Å². The van der Waals surface area contributed by atoms with Crippen LogP contribution >= 0.6 is 0 Å². The van der Waals surface area contributed by atoms with E-state index in [2.05, 4.69) is 24.5 Å². The van der Waals surface area contributed by atoms with Crippen LogP contribution in [0.3, 0.4) is 0 Å². The van der Waals surface area contributed by atoms with Gasteiger partial charge in [-0.2, -0.15) is 0 Å². The molecule has 4 amide bonds. The molecule has 2 saturated heterocycles. The first-order chi connectivity index (χ1) is 15.1. The molecule has 0 aromatic rings. The van der Waals surface area contributed by atoms with Crippen LogP contribution in [-0.4, -0.2) is 71.4 Å². The Morgan fingerprint density at radius 1 is 1.30 bits per heavy atom. The highest BCUT2D eigenvalue weighted by Gasteiger charge is 2.69. The number of fused-ring (bicyclic) bond motifs is 1. The molecule has 0 bridgehead atoms. The van der Waals surface area contributed by atoms with Crippen molar-refractivity contribution < 1.29 is 23.9 Å². The number of nitrogens with one attached hydrogen (secondary N) is 2. The van der Waals surface area contributed by atoms with Crippen molar-refractivity contribution in [1.29, 1.82) is 0 Å². The molecule has 3 aliphatic rings. The van der Waals surface area contributed by atoms with Gasteiger partial charge in [0.05, 0.1) is 11.7 Å². The Morgan fingerprint density at radius 2 is 1.94 bits per heavy atom. The fourth-order valence-electron chi connectivity index (χ4n) is 5.49. The third kappa shape index (κ3) is 5.16. The number of piperidine rings is 1. The summed E-state index contributed by atoms with van der Waals surface area (Å²) in [4.78, 5) is 52.2. The predicted octanol–water partition coefficient (Wildman–Crippen LogP) is -0.503. The van der Waals surface area contributed by atoms with Gasteiger partial charge in [0, 0.05) is 19.0 Å². The Balaban J connectivity index is 1.74. The normalized spacial score (nSPS) is 30.8. The van der Waals surface area contributed by atoms with E-state index in [-0.39, 0.29) is 41.4 Å². The molecule has 3 rings (SSSR count). The Bertz CT molecular complexity index is 823. The quantitative estimate of drug-likeness (QED) is 0.378. The molecular weight excluding hydrogens is 426 g/mol. The highest BCUT2D eigenvalue weighted by Crippen LogP contribution is 2.64.